The second-order valence-electron chi connectivity index (χ2n) is 6.09. The van der Waals surface area contributed by atoms with E-state index in [-0.39, 0.29) is 12.5 Å². The van der Waals surface area contributed by atoms with Crippen LogP contribution < -0.4 is 9.62 Å². The number of aryl methyl sites for hydroxylation is 1. The van der Waals surface area contributed by atoms with E-state index in [0.717, 1.165) is 29.8 Å². The Morgan fingerprint density at radius 3 is 2.67 bits per heavy atom. The first kappa shape index (κ1) is 18.8. The van der Waals surface area contributed by atoms with Gasteiger partial charge in [0.25, 0.3) is 0 Å². The van der Waals surface area contributed by atoms with Crippen LogP contribution in [0.3, 0.4) is 0 Å². The molecule has 0 aromatic heterocycles. The fourth-order valence-corrected chi connectivity index (χ4v) is 3.88. The van der Waals surface area contributed by atoms with Gasteiger partial charge in [0.1, 0.15) is 6.54 Å². The smallest absolute Gasteiger partial charge is 0.241 e. The molecule has 0 heterocycles. The van der Waals surface area contributed by atoms with Crippen molar-refractivity contribution in [2.75, 3.05) is 23.7 Å². The zero-order valence-electron chi connectivity index (χ0n) is 14.0. The Morgan fingerprint density at radius 2 is 2.08 bits per heavy atom. The molecule has 1 aromatic rings. The molecule has 1 N–H and O–H groups in total. The highest BCUT2D eigenvalue weighted by atomic mass is 35.5. The summed E-state index contributed by atoms with van der Waals surface area (Å²) in [6.07, 6.45) is 7.62. The van der Waals surface area contributed by atoms with Gasteiger partial charge in [-0.2, -0.15) is 0 Å². The summed E-state index contributed by atoms with van der Waals surface area (Å²) in [6, 6.07) is 4.92. The van der Waals surface area contributed by atoms with E-state index >= 15 is 0 Å². The Balaban J connectivity index is 2.09. The van der Waals surface area contributed by atoms with Crippen molar-refractivity contribution in [2.24, 2.45) is 0 Å². The molecule has 0 unspecified atom stereocenters. The first-order valence-corrected chi connectivity index (χ1v) is 10.2. The molecule has 1 aliphatic rings. The van der Waals surface area contributed by atoms with Crippen LogP contribution in [0.2, 0.25) is 5.02 Å². The third-order valence-electron chi connectivity index (χ3n) is 4.01. The highest BCUT2D eigenvalue weighted by Crippen LogP contribution is 2.25. The Morgan fingerprint density at radius 1 is 1.33 bits per heavy atom. The molecule has 0 saturated heterocycles. The van der Waals surface area contributed by atoms with Crippen molar-refractivity contribution in [3.63, 3.8) is 0 Å². The lowest BCUT2D eigenvalue weighted by molar-refractivity contribution is -0.119. The van der Waals surface area contributed by atoms with Gasteiger partial charge in [-0.1, -0.05) is 23.3 Å². The topological polar surface area (TPSA) is 66.5 Å². The maximum Gasteiger partial charge on any atom is 0.241 e. The van der Waals surface area contributed by atoms with Crippen molar-refractivity contribution in [1.82, 2.24) is 5.32 Å². The molecule has 24 heavy (non-hydrogen) atoms. The number of anilines is 1. The largest absolute Gasteiger partial charge is 0.351 e. The summed E-state index contributed by atoms with van der Waals surface area (Å²) in [5.74, 6) is -0.318. The van der Waals surface area contributed by atoms with Crippen molar-refractivity contribution in [3.05, 3.63) is 40.4 Å². The van der Waals surface area contributed by atoms with E-state index < -0.39 is 10.0 Å². The van der Waals surface area contributed by atoms with Crippen LogP contribution in [0.5, 0.6) is 0 Å². The standard InChI is InChI=1S/C17H23ClN2O3S/c1-13-10-15(18)8-9-16(13)20(24(2,22)23)12-17(21)19-11-14-6-4-3-5-7-14/h6,8-10H,3-5,7,11-12H2,1-2H3,(H,19,21). The van der Waals surface area contributed by atoms with E-state index in [4.69, 9.17) is 11.6 Å². The highest BCUT2D eigenvalue weighted by molar-refractivity contribution is 7.92. The van der Waals surface area contributed by atoms with Crippen molar-refractivity contribution >= 4 is 33.2 Å². The molecule has 2 rings (SSSR count). The van der Waals surface area contributed by atoms with Gasteiger partial charge < -0.3 is 5.32 Å². The Labute approximate surface area is 148 Å². The van der Waals surface area contributed by atoms with E-state index in [1.807, 2.05) is 0 Å². The molecule has 0 atom stereocenters. The third-order valence-corrected chi connectivity index (χ3v) is 5.37. The third kappa shape index (κ3) is 5.24. The van der Waals surface area contributed by atoms with E-state index in [2.05, 4.69) is 11.4 Å². The Bertz CT molecular complexity index is 744. The van der Waals surface area contributed by atoms with Crippen LogP contribution in [0.1, 0.15) is 31.2 Å². The molecular weight excluding hydrogens is 348 g/mol. The summed E-state index contributed by atoms with van der Waals surface area (Å²) in [5, 5.41) is 3.34. The molecule has 0 spiro atoms. The van der Waals surface area contributed by atoms with Gasteiger partial charge in [0.05, 0.1) is 11.9 Å². The lowest BCUT2D eigenvalue weighted by Crippen LogP contribution is -2.41. The fourth-order valence-electron chi connectivity index (χ4n) is 2.74. The number of hydrogen-bond donors (Lipinski definition) is 1. The predicted octanol–water partition coefficient (Wildman–Crippen LogP) is 3.03. The van der Waals surface area contributed by atoms with Gasteiger partial charge >= 0.3 is 0 Å². The van der Waals surface area contributed by atoms with Crippen LogP contribution in [-0.4, -0.2) is 33.7 Å². The molecule has 0 fully saturated rings. The maximum atomic E-state index is 12.2. The van der Waals surface area contributed by atoms with Crippen LogP contribution in [0.4, 0.5) is 5.69 Å². The molecule has 7 heteroatoms. The van der Waals surface area contributed by atoms with Gasteiger partial charge in [-0.15, -0.1) is 0 Å². The molecule has 0 aliphatic heterocycles. The summed E-state index contributed by atoms with van der Waals surface area (Å²) in [5.41, 5.74) is 2.38. The number of hydrogen-bond acceptors (Lipinski definition) is 3. The van der Waals surface area contributed by atoms with Crippen LogP contribution in [0.15, 0.2) is 29.8 Å². The number of nitrogens with zero attached hydrogens (tertiary/aromatic N) is 1. The monoisotopic (exact) mass is 370 g/mol. The number of allylic oxidation sites excluding steroid dienone is 1. The zero-order valence-corrected chi connectivity index (χ0v) is 15.6. The van der Waals surface area contributed by atoms with Gasteiger partial charge in [0.15, 0.2) is 0 Å². The van der Waals surface area contributed by atoms with E-state index in [9.17, 15) is 13.2 Å². The van der Waals surface area contributed by atoms with Gasteiger partial charge in [0.2, 0.25) is 15.9 Å². The van der Waals surface area contributed by atoms with Crippen molar-refractivity contribution < 1.29 is 13.2 Å². The first-order valence-electron chi connectivity index (χ1n) is 7.96. The maximum absolute atomic E-state index is 12.2. The number of benzene rings is 1. The van der Waals surface area contributed by atoms with Crippen molar-refractivity contribution in [2.45, 2.75) is 32.6 Å². The van der Waals surface area contributed by atoms with Gasteiger partial charge in [-0.3, -0.25) is 9.10 Å². The number of halogens is 1. The second-order valence-corrected chi connectivity index (χ2v) is 8.43. The quantitative estimate of drug-likeness (QED) is 0.782. The number of amides is 1. The normalized spacial score (nSPS) is 14.9. The van der Waals surface area contributed by atoms with Crippen molar-refractivity contribution in [3.8, 4) is 0 Å². The number of sulfonamides is 1. The van der Waals surface area contributed by atoms with Crippen LogP contribution >= 0.6 is 11.6 Å². The van der Waals surface area contributed by atoms with Crippen LogP contribution in [0, 0.1) is 6.92 Å². The number of rotatable bonds is 6. The van der Waals surface area contributed by atoms with E-state index in [1.165, 1.54) is 12.0 Å². The SMILES string of the molecule is Cc1cc(Cl)ccc1N(CC(=O)NCC1=CCCCC1)S(C)(=O)=O. The van der Waals surface area contributed by atoms with Gasteiger partial charge in [-0.25, -0.2) is 8.42 Å². The highest BCUT2D eigenvalue weighted by Gasteiger charge is 2.22. The molecule has 0 radical (unpaired) electrons. The molecule has 1 amide bonds. The van der Waals surface area contributed by atoms with Crippen LogP contribution in [-0.2, 0) is 14.8 Å². The van der Waals surface area contributed by atoms with Crippen molar-refractivity contribution in [1.29, 1.82) is 0 Å². The molecule has 1 aliphatic carbocycles. The minimum absolute atomic E-state index is 0.241. The lowest BCUT2D eigenvalue weighted by Gasteiger charge is -2.24. The van der Waals surface area contributed by atoms with Gasteiger partial charge in [-0.05, 0) is 56.4 Å². The molecule has 5 nitrogen and oxygen atoms in total. The minimum Gasteiger partial charge on any atom is -0.351 e. The number of carbonyl (C=O) groups excluding carboxylic acids is 1. The van der Waals surface area contributed by atoms with E-state index in [0.29, 0.717) is 22.8 Å². The molecule has 0 saturated carbocycles. The fraction of sp³-hybridized carbons (Fsp3) is 0.471. The van der Waals surface area contributed by atoms with E-state index in [1.54, 1.807) is 25.1 Å². The summed E-state index contributed by atoms with van der Waals surface area (Å²) in [7, 11) is -3.58. The minimum atomic E-state index is -3.58. The van der Waals surface area contributed by atoms with Crippen LogP contribution in [0.25, 0.3) is 0 Å². The van der Waals surface area contributed by atoms with Gasteiger partial charge in [0, 0.05) is 11.6 Å². The molecule has 0 bridgehead atoms. The molecular formula is C17H23ClN2O3S. The second kappa shape index (κ2) is 8.03. The summed E-state index contributed by atoms with van der Waals surface area (Å²) in [6.45, 7) is 2.01. The average molecular weight is 371 g/mol. The lowest BCUT2D eigenvalue weighted by atomic mass is 10.00. The summed E-state index contributed by atoms with van der Waals surface area (Å²) in [4.78, 5) is 12.2. The molecule has 132 valence electrons. The summed E-state index contributed by atoms with van der Waals surface area (Å²) >= 11 is 5.92. The molecule has 1 aromatic carbocycles. The zero-order chi connectivity index (χ0) is 17.7. The average Bonchev–Trinajstić information content (AvgIpc) is 2.51. The number of nitrogens with one attached hydrogen (secondary N) is 1. The summed E-state index contributed by atoms with van der Waals surface area (Å²) < 4.78 is 25.3. The number of carbonyl (C=O) groups is 1. The first-order chi connectivity index (χ1) is 11.3. The predicted molar refractivity (Wildman–Crippen MR) is 97.9 cm³/mol. The Hall–Kier alpha value is -1.53. The Kier molecular flexibility index (Phi) is 6.29.